The Labute approximate surface area is 153 Å². The number of para-hydroxylation sites is 1. The van der Waals surface area contributed by atoms with Gasteiger partial charge in [0.25, 0.3) is 0 Å². The number of carbonyl (C=O) groups excluding carboxylic acids is 1. The van der Waals surface area contributed by atoms with Crippen molar-refractivity contribution in [2.75, 3.05) is 5.32 Å². The van der Waals surface area contributed by atoms with Gasteiger partial charge in [-0.1, -0.05) is 67.5 Å². The average molecular weight is 346 g/mol. The summed E-state index contributed by atoms with van der Waals surface area (Å²) in [5, 5.41) is 7.33. The Morgan fingerprint density at radius 2 is 1.77 bits per heavy atom. The number of carbonyl (C=O) groups is 1. The zero-order valence-electron chi connectivity index (χ0n) is 15.0. The van der Waals surface area contributed by atoms with Crippen molar-refractivity contribution in [3.8, 4) is 11.3 Å². The van der Waals surface area contributed by atoms with E-state index in [-0.39, 0.29) is 5.91 Å². The highest BCUT2D eigenvalue weighted by Crippen LogP contribution is 2.49. The van der Waals surface area contributed by atoms with Crippen LogP contribution in [-0.2, 0) is 10.2 Å². The molecular formula is C22H22N2O2. The highest BCUT2D eigenvalue weighted by atomic mass is 16.5. The summed E-state index contributed by atoms with van der Waals surface area (Å²) < 4.78 is 5.51. The number of anilines is 1. The lowest BCUT2D eigenvalue weighted by Gasteiger charge is -2.17. The fourth-order valence-corrected chi connectivity index (χ4v) is 3.32. The zero-order valence-corrected chi connectivity index (χ0v) is 15.0. The lowest BCUT2D eigenvalue weighted by Crippen LogP contribution is -2.28. The van der Waals surface area contributed by atoms with Gasteiger partial charge < -0.3 is 9.84 Å². The minimum Gasteiger partial charge on any atom is -0.356 e. The standard InChI is InChI=1S/C22H22N2O2/c1-15(2)17-10-6-7-11-18(17)23-21(25)22(12-13-22)20-14-19(26-24-20)16-8-4-3-5-9-16/h3-11,14-15H,12-13H2,1-2H3,(H,23,25). The van der Waals surface area contributed by atoms with E-state index in [1.807, 2.05) is 54.6 Å². The van der Waals surface area contributed by atoms with E-state index in [0.29, 0.717) is 11.7 Å². The van der Waals surface area contributed by atoms with Crippen molar-refractivity contribution in [3.05, 3.63) is 71.9 Å². The number of hydrogen-bond acceptors (Lipinski definition) is 3. The molecule has 1 aliphatic rings. The lowest BCUT2D eigenvalue weighted by atomic mass is 9.98. The van der Waals surface area contributed by atoms with Gasteiger partial charge in [-0.25, -0.2) is 0 Å². The third-order valence-electron chi connectivity index (χ3n) is 5.07. The summed E-state index contributed by atoms with van der Waals surface area (Å²) in [6.07, 6.45) is 1.59. The smallest absolute Gasteiger partial charge is 0.236 e. The van der Waals surface area contributed by atoms with Crippen LogP contribution in [0.15, 0.2) is 65.2 Å². The maximum atomic E-state index is 13.0. The molecule has 1 aliphatic carbocycles. The molecule has 0 unspecified atom stereocenters. The summed E-state index contributed by atoms with van der Waals surface area (Å²) in [5.41, 5.74) is 3.14. The second kappa shape index (κ2) is 6.45. The fraction of sp³-hybridized carbons (Fsp3) is 0.273. The normalized spacial score (nSPS) is 15.0. The predicted octanol–water partition coefficient (Wildman–Crippen LogP) is 5.14. The first-order valence-corrected chi connectivity index (χ1v) is 9.03. The Balaban J connectivity index is 1.58. The first-order chi connectivity index (χ1) is 12.6. The van der Waals surface area contributed by atoms with E-state index in [0.717, 1.165) is 35.3 Å². The van der Waals surface area contributed by atoms with Crippen molar-refractivity contribution < 1.29 is 9.32 Å². The molecule has 132 valence electrons. The van der Waals surface area contributed by atoms with Gasteiger partial charge in [0.05, 0.1) is 11.1 Å². The molecule has 1 fully saturated rings. The summed E-state index contributed by atoms with van der Waals surface area (Å²) in [6, 6.07) is 19.7. The molecule has 1 amide bonds. The Morgan fingerprint density at radius 1 is 1.08 bits per heavy atom. The van der Waals surface area contributed by atoms with Gasteiger partial charge >= 0.3 is 0 Å². The third kappa shape index (κ3) is 2.92. The van der Waals surface area contributed by atoms with Gasteiger partial charge in [0.2, 0.25) is 5.91 Å². The highest BCUT2D eigenvalue weighted by Gasteiger charge is 2.54. The van der Waals surface area contributed by atoms with Crippen LogP contribution in [0.1, 0.15) is 43.9 Å². The van der Waals surface area contributed by atoms with E-state index in [9.17, 15) is 4.79 Å². The molecule has 0 bridgehead atoms. The molecule has 1 saturated carbocycles. The van der Waals surface area contributed by atoms with Crippen molar-refractivity contribution in [1.82, 2.24) is 5.16 Å². The maximum absolute atomic E-state index is 13.0. The Morgan fingerprint density at radius 3 is 2.46 bits per heavy atom. The second-order valence-electron chi connectivity index (χ2n) is 7.22. The molecule has 26 heavy (non-hydrogen) atoms. The summed E-state index contributed by atoms with van der Waals surface area (Å²) >= 11 is 0. The molecule has 2 aromatic carbocycles. The molecule has 3 aromatic rings. The number of nitrogens with zero attached hydrogens (tertiary/aromatic N) is 1. The van der Waals surface area contributed by atoms with Gasteiger partial charge in [-0.3, -0.25) is 4.79 Å². The van der Waals surface area contributed by atoms with E-state index in [2.05, 4.69) is 30.4 Å². The SMILES string of the molecule is CC(C)c1ccccc1NC(=O)C1(c2cc(-c3ccccc3)on2)CC1. The summed E-state index contributed by atoms with van der Waals surface area (Å²) in [7, 11) is 0. The van der Waals surface area contributed by atoms with Crippen molar-refractivity contribution in [1.29, 1.82) is 0 Å². The average Bonchev–Trinajstić information content (AvgIpc) is 3.33. The highest BCUT2D eigenvalue weighted by molar-refractivity contribution is 6.01. The predicted molar refractivity (Wildman–Crippen MR) is 102 cm³/mol. The molecule has 1 aromatic heterocycles. The number of hydrogen-bond donors (Lipinski definition) is 1. The Bertz CT molecular complexity index is 924. The van der Waals surface area contributed by atoms with Crippen LogP contribution in [0.2, 0.25) is 0 Å². The van der Waals surface area contributed by atoms with Crippen molar-refractivity contribution >= 4 is 11.6 Å². The molecule has 4 rings (SSSR count). The largest absolute Gasteiger partial charge is 0.356 e. The summed E-state index contributed by atoms with van der Waals surface area (Å²) in [5.74, 6) is 1.04. The molecule has 0 radical (unpaired) electrons. The Hall–Kier alpha value is -2.88. The lowest BCUT2D eigenvalue weighted by molar-refractivity contribution is -0.118. The van der Waals surface area contributed by atoms with E-state index in [1.54, 1.807) is 0 Å². The van der Waals surface area contributed by atoms with Crippen molar-refractivity contribution in [2.24, 2.45) is 0 Å². The molecule has 1 N–H and O–H groups in total. The fourth-order valence-electron chi connectivity index (χ4n) is 3.32. The molecule has 0 saturated heterocycles. The van der Waals surface area contributed by atoms with Crippen LogP contribution in [-0.4, -0.2) is 11.1 Å². The number of rotatable bonds is 5. The quantitative estimate of drug-likeness (QED) is 0.696. The summed E-state index contributed by atoms with van der Waals surface area (Å²) in [4.78, 5) is 13.0. The van der Waals surface area contributed by atoms with Crippen LogP contribution < -0.4 is 5.32 Å². The van der Waals surface area contributed by atoms with Crippen LogP contribution in [0.5, 0.6) is 0 Å². The van der Waals surface area contributed by atoms with Crippen molar-refractivity contribution in [3.63, 3.8) is 0 Å². The first kappa shape index (κ1) is 16.6. The van der Waals surface area contributed by atoms with Crippen LogP contribution in [0.25, 0.3) is 11.3 Å². The monoisotopic (exact) mass is 346 g/mol. The maximum Gasteiger partial charge on any atom is 0.236 e. The second-order valence-corrected chi connectivity index (χ2v) is 7.22. The molecule has 1 heterocycles. The van der Waals surface area contributed by atoms with Gasteiger partial charge in [-0.15, -0.1) is 0 Å². The van der Waals surface area contributed by atoms with Gasteiger partial charge in [0, 0.05) is 17.3 Å². The van der Waals surface area contributed by atoms with Crippen LogP contribution >= 0.6 is 0 Å². The van der Waals surface area contributed by atoms with Gasteiger partial charge in [-0.05, 0) is 30.4 Å². The number of nitrogens with one attached hydrogen (secondary N) is 1. The van der Waals surface area contributed by atoms with Crippen LogP contribution in [0.4, 0.5) is 5.69 Å². The van der Waals surface area contributed by atoms with Crippen LogP contribution in [0.3, 0.4) is 0 Å². The number of benzene rings is 2. The van der Waals surface area contributed by atoms with E-state index in [1.165, 1.54) is 0 Å². The van der Waals surface area contributed by atoms with Gasteiger partial charge in [0.15, 0.2) is 5.76 Å². The molecule has 0 spiro atoms. The van der Waals surface area contributed by atoms with Gasteiger partial charge in [-0.2, -0.15) is 0 Å². The molecule has 4 heteroatoms. The van der Waals surface area contributed by atoms with Crippen molar-refractivity contribution in [2.45, 2.75) is 38.0 Å². The third-order valence-corrected chi connectivity index (χ3v) is 5.07. The van der Waals surface area contributed by atoms with E-state index < -0.39 is 5.41 Å². The van der Waals surface area contributed by atoms with E-state index in [4.69, 9.17) is 4.52 Å². The summed E-state index contributed by atoms with van der Waals surface area (Å²) in [6.45, 7) is 4.25. The van der Waals surface area contributed by atoms with Crippen LogP contribution in [0, 0.1) is 0 Å². The minimum absolute atomic E-state index is 0.00138. The minimum atomic E-state index is -0.569. The molecular weight excluding hydrogens is 324 g/mol. The topological polar surface area (TPSA) is 55.1 Å². The zero-order chi connectivity index (χ0) is 18.1. The number of aromatic nitrogens is 1. The molecule has 4 nitrogen and oxygen atoms in total. The first-order valence-electron chi connectivity index (χ1n) is 9.03. The Kier molecular flexibility index (Phi) is 4.11. The molecule has 0 atom stereocenters. The van der Waals surface area contributed by atoms with Gasteiger partial charge in [0.1, 0.15) is 0 Å². The number of amides is 1. The van der Waals surface area contributed by atoms with E-state index >= 15 is 0 Å². The molecule has 0 aliphatic heterocycles.